The topological polar surface area (TPSA) is 69.5 Å². The number of rotatable bonds is 8. The van der Waals surface area contributed by atoms with E-state index in [0.717, 1.165) is 62.1 Å². The number of benzene rings is 1. The molecule has 3 heterocycles. The molecule has 0 aliphatic carbocycles. The second-order valence-electron chi connectivity index (χ2n) is 9.06. The van der Waals surface area contributed by atoms with E-state index < -0.39 is 5.97 Å². The molecule has 0 unspecified atom stereocenters. The number of carbonyl (C=O) groups is 1. The molecule has 34 heavy (non-hydrogen) atoms. The minimum absolute atomic E-state index is 0.128. The Balaban J connectivity index is 1.79. The van der Waals surface area contributed by atoms with Crippen molar-refractivity contribution in [1.29, 1.82) is 0 Å². The second kappa shape index (κ2) is 10.5. The number of esters is 1. The van der Waals surface area contributed by atoms with Gasteiger partial charge in [0.05, 0.1) is 35.7 Å². The quantitative estimate of drug-likeness (QED) is 0.332. The molecule has 182 valence electrons. The Morgan fingerprint density at radius 2 is 1.91 bits per heavy atom. The van der Waals surface area contributed by atoms with Crippen LogP contribution in [0.1, 0.15) is 68.6 Å². The Labute approximate surface area is 199 Å². The lowest BCUT2D eigenvalue weighted by molar-refractivity contribution is 0.0354. The van der Waals surface area contributed by atoms with Crippen LogP contribution in [0.25, 0.3) is 16.7 Å². The van der Waals surface area contributed by atoms with E-state index in [1.54, 1.807) is 16.8 Å². The smallest absolute Gasteiger partial charge is 0.356 e. The zero-order chi connectivity index (χ0) is 24.2. The highest BCUT2D eigenvalue weighted by Crippen LogP contribution is 2.36. The SMILES string of the molecule is CCCCOC1CCN(c2cc(C(=O)OC)nc3c2c(C(C)C)nn3-c2ccc(F)cc2)CC1. The van der Waals surface area contributed by atoms with Gasteiger partial charge < -0.3 is 14.4 Å². The van der Waals surface area contributed by atoms with Gasteiger partial charge in [-0.2, -0.15) is 5.10 Å². The van der Waals surface area contributed by atoms with E-state index in [-0.39, 0.29) is 23.5 Å². The highest BCUT2D eigenvalue weighted by atomic mass is 19.1. The predicted molar refractivity (Wildman–Crippen MR) is 130 cm³/mol. The molecule has 0 amide bonds. The van der Waals surface area contributed by atoms with Crippen LogP contribution in [0.4, 0.5) is 10.1 Å². The third-order valence-electron chi connectivity index (χ3n) is 6.29. The summed E-state index contributed by atoms with van der Waals surface area (Å²) in [5.74, 6) is -0.695. The zero-order valence-corrected chi connectivity index (χ0v) is 20.4. The predicted octanol–water partition coefficient (Wildman–Crippen LogP) is 5.26. The van der Waals surface area contributed by atoms with Crippen LogP contribution in [0.15, 0.2) is 30.3 Å². The first kappa shape index (κ1) is 24.1. The molecule has 1 fully saturated rings. The molecular weight excluding hydrogens is 435 g/mol. The number of carbonyl (C=O) groups excluding carboxylic acids is 1. The van der Waals surface area contributed by atoms with Crippen molar-refractivity contribution in [3.05, 3.63) is 47.5 Å². The Kier molecular flexibility index (Phi) is 7.46. The molecule has 1 saturated heterocycles. The van der Waals surface area contributed by atoms with Crippen LogP contribution in [0.5, 0.6) is 0 Å². The van der Waals surface area contributed by atoms with Crippen molar-refractivity contribution >= 4 is 22.7 Å². The number of piperidine rings is 1. The maximum absolute atomic E-state index is 13.6. The molecule has 0 saturated carbocycles. The Bertz CT molecular complexity index is 1140. The van der Waals surface area contributed by atoms with Gasteiger partial charge in [0.15, 0.2) is 11.3 Å². The van der Waals surface area contributed by atoms with Gasteiger partial charge in [0.2, 0.25) is 0 Å². The van der Waals surface area contributed by atoms with Crippen LogP contribution in [0.2, 0.25) is 0 Å². The van der Waals surface area contributed by atoms with E-state index in [9.17, 15) is 9.18 Å². The summed E-state index contributed by atoms with van der Waals surface area (Å²) in [7, 11) is 1.35. The Morgan fingerprint density at radius 3 is 2.53 bits per heavy atom. The largest absolute Gasteiger partial charge is 0.464 e. The highest BCUT2D eigenvalue weighted by Gasteiger charge is 2.27. The molecule has 1 aromatic carbocycles. The minimum atomic E-state index is -0.501. The van der Waals surface area contributed by atoms with Crippen LogP contribution in [-0.4, -0.2) is 53.6 Å². The molecular formula is C26H33FN4O3. The maximum Gasteiger partial charge on any atom is 0.356 e. The summed E-state index contributed by atoms with van der Waals surface area (Å²) in [5, 5.41) is 5.78. The van der Waals surface area contributed by atoms with Crippen LogP contribution in [-0.2, 0) is 9.47 Å². The molecule has 0 atom stereocenters. The number of pyridine rings is 1. The van der Waals surface area contributed by atoms with Crippen LogP contribution in [0.3, 0.4) is 0 Å². The van der Waals surface area contributed by atoms with Gasteiger partial charge in [0.1, 0.15) is 5.82 Å². The number of hydrogen-bond donors (Lipinski definition) is 0. The summed E-state index contributed by atoms with van der Waals surface area (Å²) < 4.78 is 26.3. The number of unbranched alkanes of at least 4 members (excludes halogenated alkanes) is 1. The van der Waals surface area contributed by atoms with Crippen molar-refractivity contribution in [2.24, 2.45) is 0 Å². The molecule has 1 aliphatic heterocycles. The van der Waals surface area contributed by atoms with Gasteiger partial charge >= 0.3 is 5.97 Å². The van der Waals surface area contributed by atoms with E-state index in [1.807, 2.05) is 6.07 Å². The fourth-order valence-corrected chi connectivity index (χ4v) is 4.41. The minimum Gasteiger partial charge on any atom is -0.464 e. The zero-order valence-electron chi connectivity index (χ0n) is 20.4. The van der Waals surface area contributed by atoms with Gasteiger partial charge in [-0.25, -0.2) is 18.9 Å². The standard InChI is InChI=1S/C26H33FN4O3/c1-5-6-15-34-20-11-13-30(14-12-20)22-16-21(26(32)33-4)28-25-23(22)24(17(2)3)29-31(25)19-9-7-18(27)8-10-19/h7-10,16-17,20H,5-6,11-15H2,1-4H3. The normalized spacial score (nSPS) is 14.8. The van der Waals surface area contributed by atoms with Gasteiger partial charge in [0.25, 0.3) is 0 Å². The molecule has 0 bridgehead atoms. The first-order valence-corrected chi connectivity index (χ1v) is 12.1. The molecule has 3 aromatic rings. The number of ether oxygens (including phenoxy) is 2. The third-order valence-corrected chi connectivity index (χ3v) is 6.29. The summed E-state index contributed by atoms with van der Waals surface area (Å²) in [6.07, 6.45) is 4.30. The Hall–Kier alpha value is -3.00. The van der Waals surface area contributed by atoms with E-state index in [4.69, 9.17) is 14.6 Å². The summed E-state index contributed by atoms with van der Waals surface area (Å²) in [5.41, 5.74) is 3.29. The number of nitrogens with zero attached hydrogens (tertiary/aromatic N) is 4. The van der Waals surface area contributed by atoms with Gasteiger partial charge in [-0.15, -0.1) is 0 Å². The lowest BCUT2D eigenvalue weighted by Gasteiger charge is -2.34. The lowest BCUT2D eigenvalue weighted by atomic mass is 10.0. The Morgan fingerprint density at radius 1 is 1.21 bits per heavy atom. The second-order valence-corrected chi connectivity index (χ2v) is 9.06. The van der Waals surface area contributed by atoms with Crippen molar-refractivity contribution < 1.29 is 18.7 Å². The lowest BCUT2D eigenvalue weighted by Crippen LogP contribution is -2.37. The van der Waals surface area contributed by atoms with E-state index >= 15 is 0 Å². The summed E-state index contributed by atoms with van der Waals surface area (Å²) >= 11 is 0. The van der Waals surface area contributed by atoms with Crippen molar-refractivity contribution in [1.82, 2.24) is 14.8 Å². The fraction of sp³-hybridized carbons (Fsp3) is 0.500. The monoisotopic (exact) mass is 468 g/mol. The number of hydrogen-bond acceptors (Lipinski definition) is 6. The van der Waals surface area contributed by atoms with E-state index in [0.29, 0.717) is 11.3 Å². The first-order chi connectivity index (χ1) is 16.4. The third kappa shape index (κ3) is 4.92. The fourth-order valence-electron chi connectivity index (χ4n) is 4.41. The number of methoxy groups -OCH3 is 1. The van der Waals surface area contributed by atoms with Gasteiger partial charge in [-0.1, -0.05) is 27.2 Å². The molecule has 2 aromatic heterocycles. The first-order valence-electron chi connectivity index (χ1n) is 12.1. The van der Waals surface area contributed by atoms with Crippen LogP contribution < -0.4 is 4.90 Å². The summed E-state index contributed by atoms with van der Waals surface area (Å²) in [6.45, 7) is 8.77. The molecule has 0 N–H and O–H groups in total. The number of fused-ring (bicyclic) bond motifs is 1. The molecule has 7 nitrogen and oxygen atoms in total. The van der Waals surface area contributed by atoms with Crippen molar-refractivity contribution in [2.75, 3.05) is 31.7 Å². The van der Waals surface area contributed by atoms with E-state index in [2.05, 4.69) is 30.7 Å². The van der Waals surface area contributed by atoms with Crippen molar-refractivity contribution in [3.63, 3.8) is 0 Å². The number of aromatic nitrogens is 3. The maximum atomic E-state index is 13.6. The average Bonchev–Trinajstić information content (AvgIpc) is 3.24. The molecule has 4 rings (SSSR count). The number of halogens is 1. The number of anilines is 1. The summed E-state index contributed by atoms with van der Waals surface area (Å²) in [6, 6.07) is 7.93. The van der Waals surface area contributed by atoms with Gasteiger partial charge in [-0.05, 0) is 55.5 Å². The molecule has 8 heteroatoms. The van der Waals surface area contributed by atoms with Gasteiger partial charge in [-0.3, -0.25) is 0 Å². The average molecular weight is 469 g/mol. The molecule has 0 radical (unpaired) electrons. The summed E-state index contributed by atoms with van der Waals surface area (Å²) in [4.78, 5) is 19.5. The van der Waals surface area contributed by atoms with Crippen LogP contribution in [0, 0.1) is 5.82 Å². The van der Waals surface area contributed by atoms with Crippen LogP contribution >= 0.6 is 0 Å². The van der Waals surface area contributed by atoms with Gasteiger partial charge in [0, 0.05) is 19.7 Å². The molecule has 0 spiro atoms. The highest BCUT2D eigenvalue weighted by molar-refractivity contribution is 5.99. The van der Waals surface area contributed by atoms with E-state index in [1.165, 1.54) is 19.2 Å². The van der Waals surface area contributed by atoms with Crippen molar-refractivity contribution in [2.45, 2.75) is 58.5 Å². The molecule has 1 aliphatic rings. The van der Waals surface area contributed by atoms with Crippen molar-refractivity contribution in [3.8, 4) is 5.69 Å².